The van der Waals surface area contributed by atoms with Gasteiger partial charge in [0.1, 0.15) is 17.1 Å². The van der Waals surface area contributed by atoms with Gasteiger partial charge in [-0.1, -0.05) is 0 Å². The fraction of sp³-hybridized carbons (Fsp3) is 0.500. The molecule has 0 unspecified atom stereocenters. The maximum absolute atomic E-state index is 11.7. The number of Topliss-reactive ketones (excluding diaryl/α,β-unsaturated/α-hetero) is 1. The second-order valence-corrected chi connectivity index (χ2v) is 4.10. The molecule has 1 aromatic rings. The molecule has 2 N–H and O–H groups in total. The summed E-state index contributed by atoms with van der Waals surface area (Å²) in [6, 6.07) is 3.49. The first-order valence-electron chi connectivity index (χ1n) is 6.21. The number of rotatable bonds is 6. The molecule has 0 aliphatic carbocycles. The Bertz CT molecular complexity index is 400. The lowest BCUT2D eigenvalue weighted by Gasteiger charge is -2.17. The number of hydrogen-bond donors (Lipinski definition) is 1. The summed E-state index contributed by atoms with van der Waals surface area (Å²) in [6.07, 6.45) is 0. The van der Waals surface area contributed by atoms with Crippen molar-refractivity contribution in [2.24, 2.45) is 5.73 Å². The Morgan fingerprint density at radius 1 is 1.22 bits per heavy atom. The van der Waals surface area contributed by atoms with Gasteiger partial charge in [0.2, 0.25) is 0 Å². The molecule has 0 fully saturated rings. The monoisotopic (exact) mass is 251 g/mol. The van der Waals surface area contributed by atoms with E-state index in [9.17, 15) is 4.79 Å². The van der Waals surface area contributed by atoms with Gasteiger partial charge in [0, 0.05) is 6.04 Å². The fourth-order valence-corrected chi connectivity index (χ4v) is 1.76. The predicted molar refractivity (Wildman–Crippen MR) is 71.4 cm³/mol. The number of ether oxygens (including phenoxy) is 2. The van der Waals surface area contributed by atoms with Crippen LogP contribution in [0.25, 0.3) is 0 Å². The van der Waals surface area contributed by atoms with Crippen LogP contribution in [0.3, 0.4) is 0 Å². The molecule has 0 saturated heterocycles. The van der Waals surface area contributed by atoms with Crippen molar-refractivity contribution in [2.75, 3.05) is 13.2 Å². The number of carbonyl (C=O) groups excluding carboxylic acids is 1. The smallest absolute Gasteiger partial charge is 0.167 e. The molecule has 4 heteroatoms. The van der Waals surface area contributed by atoms with Crippen LogP contribution in [-0.4, -0.2) is 19.0 Å². The Morgan fingerprint density at radius 3 is 1.94 bits per heavy atom. The van der Waals surface area contributed by atoms with E-state index in [1.165, 1.54) is 6.92 Å². The second kappa shape index (κ2) is 6.40. The van der Waals surface area contributed by atoms with E-state index in [1.807, 2.05) is 32.9 Å². The van der Waals surface area contributed by atoms with E-state index < -0.39 is 0 Å². The minimum absolute atomic E-state index is 0.0712. The number of carbonyl (C=O) groups is 1. The first kappa shape index (κ1) is 14.5. The van der Waals surface area contributed by atoms with Crippen molar-refractivity contribution in [2.45, 2.75) is 33.7 Å². The Kier molecular flexibility index (Phi) is 5.16. The average Bonchev–Trinajstić information content (AvgIpc) is 2.28. The van der Waals surface area contributed by atoms with Gasteiger partial charge in [0.15, 0.2) is 5.78 Å². The summed E-state index contributed by atoms with van der Waals surface area (Å²) < 4.78 is 11.0. The molecule has 0 spiro atoms. The molecule has 0 amide bonds. The first-order valence-corrected chi connectivity index (χ1v) is 6.21. The van der Waals surface area contributed by atoms with Crippen molar-refractivity contribution in [1.82, 2.24) is 0 Å². The average molecular weight is 251 g/mol. The first-order chi connectivity index (χ1) is 8.51. The van der Waals surface area contributed by atoms with Crippen LogP contribution in [0.15, 0.2) is 12.1 Å². The minimum atomic E-state index is -0.135. The third-order valence-electron chi connectivity index (χ3n) is 2.57. The van der Waals surface area contributed by atoms with Crippen LogP contribution in [0.5, 0.6) is 11.5 Å². The molecule has 1 aromatic carbocycles. The molecule has 1 rings (SSSR count). The van der Waals surface area contributed by atoms with Gasteiger partial charge in [0.25, 0.3) is 0 Å². The van der Waals surface area contributed by atoms with Crippen LogP contribution in [0.4, 0.5) is 0 Å². The van der Waals surface area contributed by atoms with E-state index >= 15 is 0 Å². The van der Waals surface area contributed by atoms with Gasteiger partial charge >= 0.3 is 0 Å². The van der Waals surface area contributed by atoms with Crippen molar-refractivity contribution in [3.63, 3.8) is 0 Å². The van der Waals surface area contributed by atoms with E-state index in [-0.39, 0.29) is 11.8 Å². The Balaban J connectivity index is 3.38. The molecule has 18 heavy (non-hydrogen) atoms. The number of ketones is 1. The van der Waals surface area contributed by atoms with Gasteiger partial charge in [-0.25, -0.2) is 0 Å². The summed E-state index contributed by atoms with van der Waals surface area (Å²) in [4.78, 5) is 11.7. The lowest BCUT2D eigenvalue weighted by atomic mass is 10.0. The van der Waals surface area contributed by atoms with E-state index in [2.05, 4.69) is 0 Å². The third-order valence-corrected chi connectivity index (χ3v) is 2.57. The molecule has 100 valence electrons. The Hall–Kier alpha value is -1.55. The highest BCUT2D eigenvalue weighted by Crippen LogP contribution is 2.33. The van der Waals surface area contributed by atoms with Crippen LogP contribution in [-0.2, 0) is 0 Å². The van der Waals surface area contributed by atoms with Gasteiger partial charge < -0.3 is 15.2 Å². The highest BCUT2D eigenvalue weighted by atomic mass is 16.5. The van der Waals surface area contributed by atoms with Gasteiger partial charge in [-0.15, -0.1) is 0 Å². The quantitative estimate of drug-likeness (QED) is 0.790. The third kappa shape index (κ3) is 3.23. The predicted octanol–water partition coefficient (Wildman–Crippen LogP) is 2.71. The molecular formula is C14H21NO3. The highest BCUT2D eigenvalue weighted by Gasteiger charge is 2.18. The van der Waals surface area contributed by atoms with Crippen molar-refractivity contribution in [3.05, 3.63) is 23.3 Å². The van der Waals surface area contributed by atoms with Gasteiger partial charge in [-0.3, -0.25) is 4.79 Å². The van der Waals surface area contributed by atoms with E-state index in [0.717, 1.165) is 5.56 Å². The summed E-state index contributed by atoms with van der Waals surface area (Å²) in [5, 5.41) is 0. The molecule has 0 radical (unpaired) electrons. The van der Waals surface area contributed by atoms with Crippen molar-refractivity contribution in [1.29, 1.82) is 0 Å². The molecule has 0 aromatic heterocycles. The Morgan fingerprint density at radius 2 is 1.67 bits per heavy atom. The normalized spacial score (nSPS) is 12.1. The maximum atomic E-state index is 11.7. The zero-order valence-electron chi connectivity index (χ0n) is 11.4. The van der Waals surface area contributed by atoms with Gasteiger partial charge in [0.05, 0.1) is 13.2 Å². The lowest BCUT2D eigenvalue weighted by Crippen LogP contribution is -2.10. The van der Waals surface area contributed by atoms with Crippen molar-refractivity contribution >= 4 is 5.78 Å². The molecular weight excluding hydrogens is 230 g/mol. The number of hydrogen-bond acceptors (Lipinski definition) is 4. The van der Waals surface area contributed by atoms with E-state index in [1.54, 1.807) is 0 Å². The maximum Gasteiger partial charge on any atom is 0.167 e. The summed E-state index contributed by atoms with van der Waals surface area (Å²) in [5.41, 5.74) is 7.26. The molecule has 4 nitrogen and oxygen atoms in total. The van der Waals surface area contributed by atoms with Crippen LogP contribution >= 0.6 is 0 Å². The molecule has 1 atom stereocenters. The lowest BCUT2D eigenvalue weighted by molar-refractivity contribution is 0.101. The summed E-state index contributed by atoms with van der Waals surface area (Å²) in [7, 11) is 0. The van der Waals surface area contributed by atoms with E-state index in [4.69, 9.17) is 15.2 Å². The number of nitrogens with two attached hydrogens (primary N) is 1. The zero-order chi connectivity index (χ0) is 13.7. The van der Waals surface area contributed by atoms with Crippen LogP contribution in [0, 0.1) is 0 Å². The molecule has 0 aliphatic rings. The molecule has 0 heterocycles. The van der Waals surface area contributed by atoms with Gasteiger partial charge in [-0.05, 0) is 45.4 Å². The topological polar surface area (TPSA) is 61.6 Å². The minimum Gasteiger partial charge on any atom is -0.493 e. The number of benzene rings is 1. The molecule has 0 aliphatic heterocycles. The highest BCUT2D eigenvalue weighted by molar-refractivity contribution is 5.99. The van der Waals surface area contributed by atoms with Crippen molar-refractivity contribution < 1.29 is 14.3 Å². The van der Waals surface area contributed by atoms with Crippen molar-refractivity contribution in [3.8, 4) is 11.5 Å². The van der Waals surface area contributed by atoms with Crippen LogP contribution in [0.1, 0.15) is 49.7 Å². The van der Waals surface area contributed by atoms with Crippen LogP contribution < -0.4 is 15.2 Å². The van der Waals surface area contributed by atoms with Gasteiger partial charge in [-0.2, -0.15) is 0 Å². The van der Waals surface area contributed by atoms with E-state index in [0.29, 0.717) is 30.3 Å². The Labute approximate surface area is 108 Å². The summed E-state index contributed by atoms with van der Waals surface area (Å²) >= 11 is 0. The summed E-state index contributed by atoms with van der Waals surface area (Å²) in [6.45, 7) is 8.13. The second-order valence-electron chi connectivity index (χ2n) is 4.10. The molecule has 0 bridgehead atoms. The SMILES string of the molecule is CCOc1cc([C@@H](C)N)cc(OCC)c1C(C)=O. The molecule has 0 saturated carbocycles. The summed E-state index contributed by atoms with van der Waals surface area (Å²) in [5.74, 6) is 1.02. The zero-order valence-corrected chi connectivity index (χ0v) is 11.4. The van der Waals surface area contributed by atoms with Crippen LogP contribution in [0.2, 0.25) is 0 Å². The standard InChI is InChI=1S/C14H21NO3/c1-5-17-12-7-11(9(3)15)8-13(18-6-2)14(12)10(4)16/h7-9H,5-6,15H2,1-4H3/t9-/m1/s1. The fourth-order valence-electron chi connectivity index (χ4n) is 1.76. The largest absolute Gasteiger partial charge is 0.493 e.